The van der Waals surface area contributed by atoms with Gasteiger partial charge in [-0.2, -0.15) is 0 Å². The van der Waals surface area contributed by atoms with E-state index >= 15 is 0 Å². The van der Waals surface area contributed by atoms with E-state index in [1.807, 2.05) is 24.3 Å². The number of aliphatic hydroxyl groups excluding tert-OH is 1. The molecule has 2 nitrogen and oxygen atoms in total. The second kappa shape index (κ2) is 5.98. The van der Waals surface area contributed by atoms with Gasteiger partial charge >= 0.3 is 0 Å². The van der Waals surface area contributed by atoms with Gasteiger partial charge in [0.15, 0.2) is 0 Å². The molecule has 2 N–H and O–H groups in total. The summed E-state index contributed by atoms with van der Waals surface area (Å²) < 4.78 is 14.5. The van der Waals surface area contributed by atoms with Gasteiger partial charge in [0.05, 0.1) is 18.3 Å². The summed E-state index contributed by atoms with van der Waals surface area (Å²) in [5.41, 5.74) is 1.29. The number of para-hydroxylation sites is 1. The van der Waals surface area contributed by atoms with Gasteiger partial charge in [-0.25, -0.2) is 4.39 Å². The highest BCUT2D eigenvalue weighted by molar-refractivity contribution is 9.10. The van der Waals surface area contributed by atoms with Gasteiger partial charge in [-0.05, 0) is 29.8 Å². The molecular formula is C14H13BrFNO. The molecule has 4 heteroatoms. The summed E-state index contributed by atoms with van der Waals surface area (Å²) in [7, 11) is 0. The molecule has 0 aliphatic carbocycles. The number of anilines is 1. The van der Waals surface area contributed by atoms with E-state index < -0.39 is 0 Å². The predicted octanol–water partition coefficient (Wildman–Crippen LogP) is 3.73. The lowest BCUT2D eigenvalue weighted by Gasteiger charge is -2.18. The van der Waals surface area contributed by atoms with Crippen molar-refractivity contribution in [1.82, 2.24) is 0 Å². The fourth-order valence-corrected chi connectivity index (χ4v) is 1.96. The van der Waals surface area contributed by atoms with Crippen LogP contribution in [-0.2, 0) is 0 Å². The van der Waals surface area contributed by atoms with Crippen LogP contribution in [0.2, 0.25) is 0 Å². The summed E-state index contributed by atoms with van der Waals surface area (Å²) in [5.74, 6) is -0.326. The predicted molar refractivity (Wildman–Crippen MR) is 74.0 cm³/mol. The molecule has 0 bridgehead atoms. The molecule has 1 atom stereocenters. The van der Waals surface area contributed by atoms with Crippen molar-refractivity contribution >= 4 is 21.6 Å². The van der Waals surface area contributed by atoms with Crippen LogP contribution in [0.1, 0.15) is 11.6 Å². The van der Waals surface area contributed by atoms with Gasteiger partial charge in [-0.3, -0.25) is 0 Å². The maximum Gasteiger partial charge on any atom is 0.146 e. The minimum absolute atomic E-state index is 0.101. The Balaban J connectivity index is 2.20. The Kier molecular flexibility index (Phi) is 4.33. The average Bonchev–Trinajstić information content (AvgIpc) is 2.39. The van der Waals surface area contributed by atoms with Crippen LogP contribution in [-0.4, -0.2) is 11.7 Å². The van der Waals surface area contributed by atoms with E-state index in [0.717, 1.165) is 10.0 Å². The summed E-state index contributed by atoms with van der Waals surface area (Å²) in [5, 5.41) is 12.4. The zero-order chi connectivity index (χ0) is 13.0. The van der Waals surface area contributed by atoms with Crippen LogP contribution in [0.15, 0.2) is 53.0 Å². The van der Waals surface area contributed by atoms with Crippen molar-refractivity contribution in [3.63, 3.8) is 0 Å². The van der Waals surface area contributed by atoms with Gasteiger partial charge in [0.1, 0.15) is 5.82 Å². The van der Waals surface area contributed by atoms with Gasteiger partial charge in [-0.15, -0.1) is 0 Å². The van der Waals surface area contributed by atoms with Crippen LogP contribution >= 0.6 is 15.9 Å². The molecule has 2 aromatic rings. The molecule has 0 heterocycles. The first-order chi connectivity index (χ1) is 8.70. The van der Waals surface area contributed by atoms with E-state index in [1.165, 1.54) is 6.07 Å². The molecule has 2 rings (SSSR count). The number of rotatable bonds is 4. The number of aliphatic hydroxyl groups is 1. The van der Waals surface area contributed by atoms with E-state index in [2.05, 4.69) is 21.2 Å². The van der Waals surface area contributed by atoms with Crippen molar-refractivity contribution in [3.05, 3.63) is 64.4 Å². The van der Waals surface area contributed by atoms with Crippen molar-refractivity contribution in [2.45, 2.75) is 6.04 Å². The van der Waals surface area contributed by atoms with Crippen LogP contribution in [0.3, 0.4) is 0 Å². The smallest absolute Gasteiger partial charge is 0.146 e. The molecule has 0 spiro atoms. The van der Waals surface area contributed by atoms with Gasteiger partial charge in [-0.1, -0.05) is 40.2 Å². The Morgan fingerprint density at radius 2 is 1.78 bits per heavy atom. The topological polar surface area (TPSA) is 32.3 Å². The highest BCUT2D eigenvalue weighted by Crippen LogP contribution is 2.22. The fraction of sp³-hybridized carbons (Fsp3) is 0.143. The molecule has 0 fully saturated rings. The van der Waals surface area contributed by atoms with E-state index in [9.17, 15) is 9.50 Å². The fourth-order valence-electron chi connectivity index (χ4n) is 1.70. The van der Waals surface area contributed by atoms with E-state index in [4.69, 9.17) is 0 Å². The van der Waals surface area contributed by atoms with Crippen LogP contribution in [0.4, 0.5) is 10.1 Å². The Morgan fingerprint density at radius 1 is 1.11 bits per heavy atom. The minimum atomic E-state index is -0.326. The zero-order valence-electron chi connectivity index (χ0n) is 9.61. The van der Waals surface area contributed by atoms with Crippen molar-refractivity contribution in [3.8, 4) is 0 Å². The number of hydrogen-bond acceptors (Lipinski definition) is 2. The quantitative estimate of drug-likeness (QED) is 0.902. The van der Waals surface area contributed by atoms with Gasteiger partial charge in [0.2, 0.25) is 0 Å². The molecule has 1 unspecified atom stereocenters. The molecule has 0 aliphatic heterocycles. The maximum atomic E-state index is 13.5. The number of halogens is 2. The number of nitrogens with one attached hydrogen (secondary N) is 1. The molecule has 18 heavy (non-hydrogen) atoms. The second-order valence-electron chi connectivity index (χ2n) is 3.91. The van der Waals surface area contributed by atoms with E-state index in [-0.39, 0.29) is 18.5 Å². The lowest BCUT2D eigenvalue weighted by molar-refractivity contribution is 0.276. The second-order valence-corrected chi connectivity index (χ2v) is 4.83. The normalized spacial score (nSPS) is 12.2. The molecule has 0 saturated heterocycles. The Hall–Kier alpha value is -1.39. The molecule has 0 amide bonds. The highest BCUT2D eigenvalue weighted by Gasteiger charge is 2.11. The number of benzene rings is 2. The third-order valence-electron chi connectivity index (χ3n) is 2.66. The Bertz CT molecular complexity index is 515. The van der Waals surface area contributed by atoms with Crippen molar-refractivity contribution in [2.24, 2.45) is 0 Å². The summed E-state index contributed by atoms with van der Waals surface area (Å²) in [6, 6.07) is 13.7. The molecule has 94 valence electrons. The summed E-state index contributed by atoms with van der Waals surface area (Å²) in [6.45, 7) is -0.101. The summed E-state index contributed by atoms with van der Waals surface area (Å²) >= 11 is 3.35. The van der Waals surface area contributed by atoms with E-state index in [1.54, 1.807) is 18.2 Å². The monoisotopic (exact) mass is 309 g/mol. The summed E-state index contributed by atoms with van der Waals surface area (Å²) in [6.07, 6.45) is 0. The average molecular weight is 310 g/mol. The molecule has 0 aliphatic rings. The van der Waals surface area contributed by atoms with Crippen LogP contribution < -0.4 is 5.32 Å². The first-order valence-corrected chi connectivity index (χ1v) is 6.37. The number of hydrogen-bond donors (Lipinski definition) is 2. The van der Waals surface area contributed by atoms with Gasteiger partial charge < -0.3 is 10.4 Å². The third kappa shape index (κ3) is 3.09. The standard InChI is InChI=1S/C14H13BrFNO/c15-11-7-5-10(6-8-11)14(9-18)17-13-4-2-1-3-12(13)16/h1-8,14,17-18H,9H2. The largest absolute Gasteiger partial charge is 0.394 e. The molecule has 2 aromatic carbocycles. The highest BCUT2D eigenvalue weighted by atomic mass is 79.9. The zero-order valence-corrected chi connectivity index (χ0v) is 11.2. The SMILES string of the molecule is OCC(Nc1ccccc1F)c1ccc(Br)cc1. The minimum Gasteiger partial charge on any atom is -0.394 e. The Morgan fingerprint density at radius 3 is 2.39 bits per heavy atom. The molecule has 0 aromatic heterocycles. The maximum absolute atomic E-state index is 13.5. The Labute approximate surface area is 114 Å². The first-order valence-electron chi connectivity index (χ1n) is 5.58. The van der Waals surface area contributed by atoms with Crippen LogP contribution in [0.5, 0.6) is 0 Å². The van der Waals surface area contributed by atoms with Crippen LogP contribution in [0, 0.1) is 5.82 Å². The lowest BCUT2D eigenvalue weighted by Crippen LogP contribution is -2.15. The molecular weight excluding hydrogens is 297 g/mol. The van der Waals surface area contributed by atoms with Gasteiger partial charge in [0, 0.05) is 4.47 Å². The molecule has 0 radical (unpaired) electrons. The van der Waals surface area contributed by atoms with Crippen molar-refractivity contribution < 1.29 is 9.50 Å². The third-order valence-corrected chi connectivity index (χ3v) is 3.19. The van der Waals surface area contributed by atoms with E-state index in [0.29, 0.717) is 5.69 Å². The first kappa shape index (κ1) is 13.1. The molecule has 0 saturated carbocycles. The van der Waals surface area contributed by atoms with Gasteiger partial charge in [0.25, 0.3) is 0 Å². The van der Waals surface area contributed by atoms with Crippen molar-refractivity contribution in [2.75, 3.05) is 11.9 Å². The van der Waals surface area contributed by atoms with Crippen LogP contribution in [0.25, 0.3) is 0 Å². The van der Waals surface area contributed by atoms with Crippen molar-refractivity contribution in [1.29, 1.82) is 0 Å². The lowest BCUT2D eigenvalue weighted by atomic mass is 10.1. The summed E-state index contributed by atoms with van der Waals surface area (Å²) in [4.78, 5) is 0.